The van der Waals surface area contributed by atoms with Gasteiger partial charge in [0, 0.05) is 30.3 Å². The highest BCUT2D eigenvalue weighted by atomic mass is 16.2. The van der Waals surface area contributed by atoms with E-state index >= 15 is 0 Å². The molecule has 1 N–H and O–H groups in total. The van der Waals surface area contributed by atoms with Crippen molar-refractivity contribution in [3.8, 4) is 0 Å². The Hall–Kier alpha value is -1.28. The number of fused-ring (bicyclic) bond motifs is 1. The highest BCUT2D eigenvalue weighted by molar-refractivity contribution is 5.81. The fourth-order valence-electron chi connectivity index (χ4n) is 1.82. The van der Waals surface area contributed by atoms with Crippen LogP contribution in [0.4, 0.5) is 0 Å². The number of aromatic nitrogens is 1. The zero-order valence-electron chi connectivity index (χ0n) is 8.62. The first kappa shape index (κ1) is 9.28. The molecule has 2 nitrogen and oxygen atoms in total. The van der Waals surface area contributed by atoms with Gasteiger partial charge in [-0.05, 0) is 37.1 Å². The SMILES string of the molecule is Cc1cc2cc(CCO)ccc2n1C. The predicted octanol–water partition coefficient (Wildman–Crippen LogP) is 2.02. The summed E-state index contributed by atoms with van der Waals surface area (Å²) < 4.78 is 2.18. The molecule has 2 heteroatoms. The first-order valence-corrected chi connectivity index (χ1v) is 4.88. The van der Waals surface area contributed by atoms with Crippen molar-refractivity contribution >= 4 is 10.9 Å². The van der Waals surface area contributed by atoms with Crippen molar-refractivity contribution < 1.29 is 5.11 Å². The molecule has 0 unspecified atom stereocenters. The van der Waals surface area contributed by atoms with Crippen LogP contribution < -0.4 is 0 Å². The van der Waals surface area contributed by atoms with Gasteiger partial charge in [0.05, 0.1) is 0 Å². The van der Waals surface area contributed by atoms with Gasteiger partial charge in [-0.3, -0.25) is 0 Å². The normalized spacial score (nSPS) is 11.1. The molecule has 1 aromatic carbocycles. The molecule has 0 amide bonds. The van der Waals surface area contributed by atoms with Crippen LogP contribution in [0.1, 0.15) is 11.3 Å². The number of benzene rings is 1. The summed E-state index contributed by atoms with van der Waals surface area (Å²) >= 11 is 0. The van der Waals surface area contributed by atoms with Gasteiger partial charge in [-0.2, -0.15) is 0 Å². The molecule has 0 aliphatic rings. The molecule has 0 aliphatic heterocycles. The number of aliphatic hydroxyl groups is 1. The van der Waals surface area contributed by atoms with Crippen molar-refractivity contribution in [2.45, 2.75) is 13.3 Å². The quantitative estimate of drug-likeness (QED) is 0.768. The topological polar surface area (TPSA) is 25.2 Å². The van der Waals surface area contributed by atoms with Crippen molar-refractivity contribution in [3.05, 3.63) is 35.5 Å². The van der Waals surface area contributed by atoms with Gasteiger partial charge in [-0.15, -0.1) is 0 Å². The van der Waals surface area contributed by atoms with Crippen molar-refractivity contribution in [2.75, 3.05) is 6.61 Å². The van der Waals surface area contributed by atoms with E-state index in [4.69, 9.17) is 5.11 Å². The Labute approximate surface area is 83.8 Å². The molecule has 0 atom stereocenters. The van der Waals surface area contributed by atoms with Gasteiger partial charge in [0.25, 0.3) is 0 Å². The van der Waals surface area contributed by atoms with E-state index in [1.54, 1.807) is 0 Å². The van der Waals surface area contributed by atoms with Crippen LogP contribution >= 0.6 is 0 Å². The van der Waals surface area contributed by atoms with E-state index in [9.17, 15) is 0 Å². The van der Waals surface area contributed by atoms with E-state index in [0.29, 0.717) is 0 Å². The van der Waals surface area contributed by atoms with Crippen LogP contribution in [0.25, 0.3) is 10.9 Å². The van der Waals surface area contributed by atoms with Gasteiger partial charge in [0.2, 0.25) is 0 Å². The van der Waals surface area contributed by atoms with Gasteiger partial charge in [-0.1, -0.05) is 6.07 Å². The summed E-state index contributed by atoms with van der Waals surface area (Å²) in [6, 6.07) is 8.53. The minimum atomic E-state index is 0.220. The molecule has 2 aromatic rings. The number of hydrogen-bond donors (Lipinski definition) is 1. The zero-order chi connectivity index (χ0) is 10.1. The van der Waals surface area contributed by atoms with E-state index in [1.807, 2.05) is 0 Å². The maximum absolute atomic E-state index is 8.85. The second-order valence-corrected chi connectivity index (χ2v) is 3.71. The number of nitrogens with zero attached hydrogens (tertiary/aromatic N) is 1. The third-order valence-electron chi connectivity index (χ3n) is 2.75. The smallest absolute Gasteiger partial charge is 0.0479 e. The van der Waals surface area contributed by atoms with Crippen LogP contribution in [0.2, 0.25) is 0 Å². The second kappa shape index (κ2) is 3.46. The molecular weight excluding hydrogens is 174 g/mol. The minimum Gasteiger partial charge on any atom is -0.396 e. The van der Waals surface area contributed by atoms with Crippen LogP contribution in [-0.4, -0.2) is 16.3 Å². The first-order valence-electron chi connectivity index (χ1n) is 4.88. The van der Waals surface area contributed by atoms with Crippen LogP contribution in [0, 0.1) is 6.92 Å². The van der Waals surface area contributed by atoms with Crippen LogP contribution in [0.5, 0.6) is 0 Å². The largest absolute Gasteiger partial charge is 0.396 e. The molecule has 14 heavy (non-hydrogen) atoms. The first-order chi connectivity index (χ1) is 6.72. The standard InChI is InChI=1S/C12H15NO/c1-9-7-11-8-10(5-6-14)3-4-12(11)13(9)2/h3-4,7-8,14H,5-6H2,1-2H3. The van der Waals surface area contributed by atoms with Crippen molar-refractivity contribution in [3.63, 3.8) is 0 Å². The van der Waals surface area contributed by atoms with E-state index in [-0.39, 0.29) is 6.61 Å². The van der Waals surface area contributed by atoms with E-state index in [2.05, 4.69) is 42.8 Å². The van der Waals surface area contributed by atoms with E-state index < -0.39 is 0 Å². The molecule has 0 bridgehead atoms. The van der Waals surface area contributed by atoms with Gasteiger partial charge in [-0.25, -0.2) is 0 Å². The minimum absolute atomic E-state index is 0.220. The Morgan fingerprint density at radius 1 is 1.29 bits per heavy atom. The molecule has 0 saturated carbocycles. The Kier molecular flexibility index (Phi) is 2.30. The van der Waals surface area contributed by atoms with Gasteiger partial charge in [0.15, 0.2) is 0 Å². The summed E-state index contributed by atoms with van der Waals surface area (Å²) in [5.74, 6) is 0. The molecule has 0 fully saturated rings. The lowest BCUT2D eigenvalue weighted by Crippen LogP contribution is -1.91. The maximum atomic E-state index is 8.85. The lowest BCUT2D eigenvalue weighted by Gasteiger charge is -2.00. The monoisotopic (exact) mass is 189 g/mol. The summed E-state index contributed by atoms with van der Waals surface area (Å²) in [6.07, 6.45) is 0.740. The highest BCUT2D eigenvalue weighted by Crippen LogP contribution is 2.19. The Balaban J connectivity index is 2.56. The summed E-state index contributed by atoms with van der Waals surface area (Å²) in [5, 5.41) is 10.1. The molecule has 2 rings (SSSR count). The fraction of sp³-hybridized carbons (Fsp3) is 0.333. The predicted molar refractivity (Wildman–Crippen MR) is 58.4 cm³/mol. The Morgan fingerprint density at radius 2 is 2.07 bits per heavy atom. The zero-order valence-corrected chi connectivity index (χ0v) is 8.62. The number of rotatable bonds is 2. The third kappa shape index (κ3) is 1.42. The Bertz CT molecular complexity index is 457. The van der Waals surface area contributed by atoms with E-state index in [1.165, 1.54) is 22.2 Å². The van der Waals surface area contributed by atoms with Crippen LogP contribution in [0.3, 0.4) is 0 Å². The summed E-state index contributed by atoms with van der Waals surface area (Å²) in [7, 11) is 2.07. The molecule has 0 saturated heterocycles. The van der Waals surface area contributed by atoms with Crippen LogP contribution in [0.15, 0.2) is 24.3 Å². The average molecular weight is 189 g/mol. The maximum Gasteiger partial charge on any atom is 0.0479 e. The number of aryl methyl sites for hydroxylation is 2. The molecule has 0 aliphatic carbocycles. The van der Waals surface area contributed by atoms with Crippen molar-refractivity contribution in [1.82, 2.24) is 4.57 Å². The van der Waals surface area contributed by atoms with Gasteiger partial charge >= 0.3 is 0 Å². The molecule has 74 valence electrons. The van der Waals surface area contributed by atoms with E-state index in [0.717, 1.165) is 6.42 Å². The molecule has 0 radical (unpaired) electrons. The summed E-state index contributed by atoms with van der Waals surface area (Å²) in [6.45, 7) is 2.32. The van der Waals surface area contributed by atoms with Crippen molar-refractivity contribution in [2.24, 2.45) is 7.05 Å². The average Bonchev–Trinajstić information content (AvgIpc) is 2.43. The molecule has 1 heterocycles. The fourth-order valence-corrected chi connectivity index (χ4v) is 1.82. The highest BCUT2D eigenvalue weighted by Gasteiger charge is 2.02. The molecule has 0 spiro atoms. The molecular formula is C12H15NO. The lowest BCUT2D eigenvalue weighted by molar-refractivity contribution is 0.299. The third-order valence-corrected chi connectivity index (χ3v) is 2.75. The second-order valence-electron chi connectivity index (χ2n) is 3.71. The lowest BCUT2D eigenvalue weighted by atomic mass is 10.1. The summed E-state index contributed by atoms with van der Waals surface area (Å²) in [4.78, 5) is 0. The van der Waals surface area contributed by atoms with Gasteiger partial charge in [0.1, 0.15) is 0 Å². The van der Waals surface area contributed by atoms with Crippen LogP contribution in [-0.2, 0) is 13.5 Å². The number of aliphatic hydroxyl groups excluding tert-OH is 1. The summed E-state index contributed by atoms with van der Waals surface area (Å²) in [5.41, 5.74) is 3.72. The van der Waals surface area contributed by atoms with Gasteiger partial charge < -0.3 is 9.67 Å². The number of hydrogen-bond acceptors (Lipinski definition) is 1. The van der Waals surface area contributed by atoms with Crippen molar-refractivity contribution in [1.29, 1.82) is 0 Å². The molecule has 1 aromatic heterocycles. The Morgan fingerprint density at radius 3 is 2.79 bits per heavy atom.